The minimum absolute atomic E-state index is 0.0173. The molecule has 0 aliphatic heterocycles. The molecule has 0 amide bonds. The summed E-state index contributed by atoms with van der Waals surface area (Å²) in [5.41, 5.74) is 3.89. The molecule has 0 nitrogen and oxygen atoms in total. The van der Waals surface area contributed by atoms with Crippen LogP contribution in [0.3, 0.4) is 0 Å². The Hall–Kier alpha value is -0.350. The molecule has 0 bridgehead atoms. The fraction of sp³-hybridized carbons (Fsp3) is 0.600. The fourth-order valence-electron chi connectivity index (χ4n) is 2.25. The van der Waals surface area contributed by atoms with Gasteiger partial charge in [0.05, 0.1) is 26.0 Å². The summed E-state index contributed by atoms with van der Waals surface area (Å²) in [5.74, 6) is 0. The van der Waals surface area contributed by atoms with Crippen LogP contribution >= 0.6 is 7.26 Å². The monoisotopic (exact) mass is 238 g/mol. The van der Waals surface area contributed by atoms with E-state index < -0.39 is 7.26 Å². The van der Waals surface area contributed by atoms with Crippen molar-refractivity contribution in [1.82, 2.24) is 0 Å². The van der Waals surface area contributed by atoms with Crippen molar-refractivity contribution in [1.29, 1.82) is 0 Å². The summed E-state index contributed by atoms with van der Waals surface area (Å²) >= 11 is 0. The van der Waals surface area contributed by atoms with Crippen LogP contribution in [0, 0.1) is 13.8 Å². The number of hydrogen-bond donors (Lipinski definition) is 0. The summed E-state index contributed by atoms with van der Waals surface area (Å²) in [5, 5.41) is 0. The van der Waals surface area contributed by atoms with Crippen molar-refractivity contribution in [3.05, 3.63) is 34.9 Å². The average Bonchev–Trinajstić information content (AvgIpc) is 2.32. The van der Waals surface area contributed by atoms with Gasteiger partial charge in [0.15, 0.2) is 0 Å². The number of rotatable bonds is 5. The van der Waals surface area contributed by atoms with Gasteiger partial charge in [0.2, 0.25) is 0 Å². The van der Waals surface area contributed by atoms with E-state index in [0.29, 0.717) is 0 Å². The molecule has 0 spiro atoms. The molecule has 0 aliphatic carbocycles. The quantitative estimate of drug-likeness (QED) is 0.641. The first-order chi connectivity index (χ1) is 8.02. The standard InChI is InChI=1S/C15H26P/c1-6-16(7-2,8-3)12-15-13(4)10-9-11-14(15)5/h9-11H,6-8,12H2,1-5H3/q+1/i12D. The van der Waals surface area contributed by atoms with Crippen molar-refractivity contribution in [2.75, 3.05) is 18.5 Å². The van der Waals surface area contributed by atoms with Crippen molar-refractivity contribution >= 4 is 7.26 Å². The molecule has 0 heterocycles. The molecule has 0 fully saturated rings. The first-order valence-corrected chi connectivity index (χ1v) is 8.77. The Morgan fingerprint density at radius 1 is 1.00 bits per heavy atom. The summed E-state index contributed by atoms with van der Waals surface area (Å²) in [6.07, 6.45) is 3.61. The van der Waals surface area contributed by atoms with E-state index in [0.717, 1.165) is 0 Å². The van der Waals surface area contributed by atoms with Gasteiger partial charge in [-0.25, -0.2) is 0 Å². The van der Waals surface area contributed by atoms with E-state index in [2.05, 4.69) is 52.8 Å². The van der Waals surface area contributed by atoms with Crippen LogP contribution in [-0.2, 0) is 6.14 Å². The van der Waals surface area contributed by atoms with Crippen molar-refractivity contribution in [2.24, 2.45) is 0 Å². The van der Waals surface area contributed by atoms with Gasteiger partial charge in [-0.2, -0.15) is 0 Å². The Morgan fingerprint density at radius 2 is 1.44 bits per heavy atom. The zero-order valence-electron chi connectivity index (χ0n) is 12.4. The summed E-state index contributed by atoms with van der Waals surface area (Å²) < 4.78 is 8.75. The van der Waals surface area contributed by atoms with Gasteiger partial charge in [-0.15, -0.1) is 0 Å². The number of benzene rings is 1. The van der Waals surface area contributed by atoms with Crippen molar-refractivity contribution in [3.63, 3.8) is 0 Å². The molecule has 0 N–H and O–H groups in total. The zero-order chi connectivity index (χ0) is 13.1. The van der Waals surface area contributed by atoms with E-state index in [1.54, 1.807) is 0 Å². The molecule has 1 aromatic carbocycles. The fourth-order valence-corrected chi connectivity index (χ4v) is 5.09. The zero-order valence-corrected chi connectivity index (χ0v) is 12.3. The molecule has 0 aliphatic rings. The minimum Gasteiger partial charge on any atom is -0.0617 e. The topological polar surface area (TPSA) is 0 Å². The van der Waals surface area contributed by atoms with Gasteiger partial charge < -0.3 is 0 Å². The molecular formula is C15H26P+. The normalized spacial score (nSPS) is 14.7. The van der Waals surface area contributed by atoms with Crippen LogP contribution in [0.5, 0.6) is 0 Å². The van der Waals surface area contributed by atoms with Crippen LogP contribution in [-0.4, -0.2) is 18.5 Å². The van der Waals surface area contributed by atoms with E-state index in [-0.39, 0.29) is 6.14 Å². The van der Waals surface area contributed by atoms with E-state index in [1.165, 1.54) is 35.2 Å². The molecule has 1 unspecified atom stereocenters. The minimum atomic E-state index is -1.14. The second-order valence-corrected chi connectivity index (χ2v) is 9.19. The van der Waals surface area contributed by atoms with E-state index >= 15 is 0 Å². The summed E-state index contributed by atoms with van der Waals surface area (Å²) in [6.45, 7) is 11.1. The first kappa shape index (κ1) is 12.1. The average molecular weight is 238 g/mol. The Morgan fingerprint density at radius 3 is 1.81 bits per heavy atom. The predicted octanol–water partition coefficient (Wildman–Crippen LogP) is 4.88. The third-order valence-electron chi connectivity index (χ3n) is 3.83. The second-order valence-electron chi connectivity index (χ2n) is 4.60. The van der Waals surface area contributed by atoms with Gasteiger partial charge in [-0.1, -0.05) is 18.2 Å². The van der Waals surface area contributed by atoms with Gasteiger partial charge in [-0.3, -0.25) is 0 Å². The number of aryl methyl sites for hydroxylation is 2. The lowest BCUT2D eigenvalue weighted by molar-refractivity contribution is 1.17. The molecule has 0 saturated carbocycles. The summed E-state index contributed by atoms with van der Waals surface area (Å²) in [4.78, 5) is 0. The smallest absolute Gasteiger partial charge is 0.0617 e. The first-order valence-electron chi connectivity index (χ1n) is 6.94. The van der Waals surface area contributed by atoms with E-state index in [4.69, 9.17) is 1.37 Å². The van der Waals surface area contributed by atoms with Crippen LogP contribution in [0.25, 0.3) is 0 Å². The SMILES string of the molecule is [2H]C(c1c(C)cccc1C)[P+](CC)(CC)CC. The highest BCUT2D eigenvalue weighted by Gasteiger charge is 2.32. The van der Waals surface area contributed by atoms with Crippen LogP contribution in [0.4, 0.5) is 0 Å². The van der Waals surface area contributed by atoms with E-state index in [9.17, 15) is 0 Å². The van der Waals surface area contributed by atoms with Gasteiger partial charge >= 0.3 is 0 Å². The second kappa shape index (κ2) is 5.82. The van der Waals surface area contributed by atoms with E-state index in [1.807, 2.05) is 0 Å². The number of hydrogen-bond acceptors (Lipinski definition) is 0. The van der Waals surface area contributed by atoms with Crippen LogP contribution in [0.15, 0.2) is 18.2 Å². The van der Waals surface area contributed by atoms with Crippen LogP contribution in [0.1, 0.15) is 38.8 Å². The van der Waals surface area contributed by atoms with Crippen LogP contribution < -0.4 is 0 Å². The highest BCUT2D eigenvalue weighted by molar-refractivity contribution is 7.75. The largest absolute Gasteiger partial charge is 0.0847 e. The molecule has 1 heteroatoms. The Balaban J connectivity index is 3.23. The lowest BCUT2D eigenvalue weighted by Crippen LogP contribution is -2.08. The molecule has 16 heavy (non-hydrogen) atoms. The van der Waals surface area contributed by atoms with Crippen molar-refractivity contribution < 1.29 is 1.37 Å². The third kappa shape index (κ3) is 2.86. The van der Waals surface area contributed by atoms with Crippen LogP contribution in [0.2, 0.25) is 0 Å². The maximum absolute atomic E-state index is 8.75. The summed E-state index contributed by atoms with van der Waals surface area (Å²) in [6, 6.07) is 6.41. The maximum Gasteiger partial charge on any atom is 0.0847 e. The van der Waals surface area contributed by atoms with Gasteiger partial charge in [0, 0.05) is 7.26 Å². The van der Waals surface area contributed by atoms with Gasteiger partial charge in [0.1, 0.15) is 0 Å². The molecular weight excluding hydrogens is 211 g/mol. The molecule has 0 radical (unpaired) electrons. The molecule has 0 saturated heterocycles. The molecule has 1 rings (SSSR count). The maximum atomic E-state index is 8.75. The highest BCUT2D eigenvalue weighted by Crippen LogP contribution is 2.60. The Kier molecular flexibility index (Phi) is 4.41. The third-order valence-corrected chi connectivity index (χ3v) is 8.42. The molecule has 1 atom stereocenters. The molecule has 90 valence electrons. The lowest BCUT2D eigenvalue weighted by Gasteiger charge is -2.25. The molecule has 1 aromatic rings. The Bertz CT molecular complexity index is 341. The van der Waals surface area contributed by atoms with Gasteiger partial charge in [-0.05, 0) is 51.3 Å². The molecule has 0 aromatic heterocycles. The van der Waals surface area contributed by atoms with Crippen molar-refractivity contribution in [3.8, 4) is 0 Å². The summed E-state index contributed by atoms with van der Waals surface area (Å²) in [7, 11) is -1.14. The lowest BCUT2D eigenvalue weighted by atomic mass is 10.1. The van der Waals surface area contributed by atoms with Crippen molar-refractivity contribution in [2.45, 2.75) is 40.8 Å². The highest BCUT2D eigenvalue weighted by atomic mass is 31.2. The Labute approximate surface area is 103 Å². The predicted molar refractivity (Wildman–Crippen MR) is 78.2 cm³/mol. The van der Waals surface area contributed by atoms with Gasteiger partial charge in [0.25, 0.3) is 0 Å².